The zero-order valence-electron chi connectivity index (χ0n) is 8.97. The summed E-state index contributed by atoms with van der Waals surface area (Å²) in [6.07, 6.45) is 1.95. The fraction of sp³-hybridized carbons (Fsp3) is 0.417. The molecule has 0 spiro atoms. The minimum Gasteiger partial charge on any atom is -0.481 e. The monoisotopic (exact) mass is 260 g/mol. The molecule has 2 rings (SSSR count). The van der Waals surface area contributed by atoms with Crippen LogP contribution in [0.5, 0.6) is 0 Å². The number of hydrogen-bond donors (Lipinski definition) is 1. The van der Waals surface area contributed by atoms with Crippen molar-refractivity contribution in [2.24, 2.45) is 0 Å². The third-order valence-electron chi connectivity index (χ3n) is 3.39. The van der Waals surface area contributed by atoms with E-state index in [0.29, 0.717) is 25.7 Å². The second-order valence-corrected chi connectivity index (χ2v) is 4.69. The Balaban J connectivity index is 2.66. The van der Waals surface area contributed by atoms with Gasteiger partial charge in [0.15, 0.2) is 0 Å². The normalized spacial score (nSPS) is 18.3. The lowest BCUT2D eigenvalue weighted by molar-refractivity contribution is -0.143. The van der Waals surface area contributed by atoms with Crippen molar-refractivity contribution in [2.75, 3.05) is 0 Å². The van der Waals surface area contributed by atoms with E-state index in [9.17, 15) is 18.7 Å². The molecule has 17 heavy (non-hydrogen) atoms. The minimum atomic E-state index is -1.37. The highest BCUT2D eigenvalue weighted by Crippen LogP contribution is 2.45. The summed E-state index contributed by atoms with van der Waals surface area (Å²) in [5.74, 6) is -2.67. The molecule has 0 radical (unpaired) electrons. The standard InChI is InChI=1S/C12H11ClF2O2/c13-10-8(15)4-3-7(14)9(10)12(11(16)17)5-1-2-6-12/h3-4H,1-2,5-6H2,(H,16,17). The number of carboxylic acids is 1. The molecule has 0 atom stereocenters. The average molecular weight is 261 g/mol. The van der Waals surface area contributed by atoms with Gasteiger partial charge in [0, 0.05) is 5.56 Å². The van der Waals surface area contributed by atoms with Crippen LogP contribution in [0, 0.1) is 11.6 Å². The molecule has 0 aliphatic heterocycles. The zero-order valence-corrected chi connectivity index (χ0v) is 9.73. The first kappa shape index (κ1) is 12.3. The van der Waals surface area contributed by atoms with Crippen LogP contribution in [-0.4, -0.2) is 11.1 Å². The lowest BCUT2D eigenvalue weighted by Crippen LogP contribution is -2.34. The molecule has 0 bridgehead atoms. The molecular weight excluding hydrogens is 250 g/mol. The van der Waals surface area contributed by atoms with Gasteiger partial charge in [-0.1, -0.05) is 24.4 Å². The van der Waals surface area contributed by atoms with Gasteiger partial charge >= 0.3 is 5.97 Å². The minimum absolute atomic E-state index is 0.204. The van der Waals surface area contributed by atoms with Crippen LogP contribution in [0.4, 0.5) is 8.78 Å². The Bertz CT molecular complexity index is 468. The van der Waals surface area contributed by atoms with Gasteiger partial charge in [-0.15, -0.1) is 0 Å². The van der Waals surface area contributed by atoms with Gasteiger partial charge in [0.25, 0.3) is 0 Å². The van der Waals surface area contributed by atoms with Crippen molar-refractivity contribution in [1.29, 1.82) is 0 Å². The van der Waals surface area contributed by atoms with E-state index in [-0.39, 0.29) is 5.56 Å². The first-order valence-electron chi connectivity index (χ1n) is 5.36. The number of carbonyl (C=O) groups is 1. The van der Waals surface area contributed by atoms with Gasteiger partial charge in [-0.05, 0) is 25.0 Å². The molecular formula is C12H11ClF2O2. The van der Waals surface area contributed by atoms with E-state index in [4.69, 9.17) is 11.6 Å². The zero-order chi connectivity index (χ0) is 12.6. The van der Waals surface area contributed by atoms with Crippen LogP contribution in [0.15, 0.2) is 12.1 Å². The Morgan fingerprint density at radius 2 is 1.76 bits per heavy atom. The van der Waals surface area contributed by atoms with Crippen LogP contribution in [0.25, 0.3) is 0 Å². The van der Waals surface area contributed by atoms with Gasteiger partial charge in [0.05, 0.1) is 10.4 Å². The number of carboxylic acid groups (broad SMARTS) is 1. The van der Waals surface area contributed by atoms with E-state index in [1.807, 2.05) is 0 Å². The van der Waals surface area contributed by atoms with Gasteiger partial charge in [-0.25, -0.2) is 8.78 Å². The molecule has 92 valence electrons. The van der Waals surface area contributed by atoms with E-state index in [1.54, 1.807) is 0 Å². The SMILES string of the molecule is O=C(O)C1(c2c(F)ccc(F)c2Cl)CCCC1. The average Bonchev–Trinajstić information content (AvgIpc) is 2.74. The maximum Gasteiger partial charge on any atom is 0.314 e. The molecule has 1 aliphatic rings. The molecule has 1 aromatic rings. The Labute approximate surface area is 102 Å². The summed E-state index contributed by atoms with van der Waals surface area (Å²) in [5.41, 5.74) is -1.58. The van der Waals surface area contributed by atoms with Crippen molar-refractivity contribution in [3.63, 3.8) is 0 Å². The topological polar surface area (TPSA) is 37.3 Å². The van der Waals surface area contributed by atoms with Crippen LogP contribution in [0.2, 0.25) is 5.02 Å². The Morgan fingerprint density at radius 1 is 1.24 bits per heavy atom. The predicted octanol–water partition coefficient (Wildman–Crippen LogP) is 3.51. The van der Waals surface area contributed by atoms with Crippen molar-refractivity contribution in [3.05, 3.63) is 34.4 Å². The van der Waals surface area contributed by atoms with Crippen LogP contribution in [0.1, 0.15) is 31.2 Å². The van der Waals surface area contributed by atoms with Crippen molar-refractivity contribution in [1.82, 2.24) is 0 Å². The van der Waals surface area contributed by atoms with Crippen molar-refractivity contribution in [2.45, 2.75) is 31.1 Å². The van der Waals surface area contributed by atoms with E-state index < -0.39 is 28.0 Å². The first-order chi connectivity index (χ1) is 7.99. The van der Waals surface area contributed by atoms with Gasteiger partial charge in [0.1, 0.15) is 11.6 Å². The maximum atomic E-state index is 13.8. The van der Waals surface area contributed by atoms with Crippen molar-refractivity contribution < 1.29 is 18.7 Å². The quantitative estimate of drug-likeness (QED) is 0.826. The van der Waals surface area contributed by atoms with Crippen molar-refractivity contribution >= 4 is 17.6 Å². The van der Waals surface area contributed by atoms with Gasteiger partial charge in [-0.2, -0.15) is 0 Å². The fourth-order valence-electron chi connectivity index (χ4n) is 2.52. The lowest BCUT2D eigenvalue weighted by atomic mass is 9.78. The predicted molar refractivity (Wildman–Crippen MR) is 59.1 cm³/mol. The molecule has 1 fully saturated rings. The summed E-state index contributed by atoms with van der Waals surface area (Å²) in [4.78, 5) is 11.4. The second kappa shape index (κ2) is 4.26. The van der Waals surface area contributed by atoms with E-state index in [2.05, 4.69) is 0 Å². The highest BCUT2D eigenvalue weighted by molar-refractivity contribution is 6.32. The fourth-order valence-corrected chi connectivity index (χ4v) is 2.85. The van der Waals surface area contributed by atoms with Gasteiger partial charge in [-0.3, -0.25) is 4.79 Å². The van der Waals surface area contributed by atoms with Crippen LogP contribution in [0.3, 0.4) is 0 Å². The van der Waals surface area contributed by atoms with Gasteiger partial charge in [0.2, 0.25) is 0 Å². The first-order valence-corrected chi connectivity index (χ1v) is 5.74. The third kappa shape index (κ3) is 1.80. The summed E-state index contributed by atoms with van der Waals surface area (Å²) in [6, 6.07) is 1.84. The number of rotatable bonds is 2. The summed E-state index contributed by atoms with van der Waals surface area (Å²) >= 11 is 5.73. The lowest BCUT2D eigenvalue weighted by Gasteiger charge is -2.26. The molecule has 5 heteroatoms. The van der Waals surface area contributed by atoms with Gasteiger partial charge < -0.3 is 5.11 Å². The molecule has 0 unspecified atom stereocenters. The number of halogens is 3. The molecule has 0 amide bonds. The van der Waals surface area contributed by atoms with E-state index >= 15 is 0 Å². The van der Waals surface area contributed by atoms with Crippen LogP contribution >= 0.6 is 11.6 Å². The Morgan fingerprint density at radius 3 is 2.29 bits per heavy atom. The Hall–Kier alpha value is -1.16. The van der Waals surface area contributed by atoms with Crippen molar-refractivity contribution in [3.8, 4) is 0 Å². The van der Waals surface area contributed by atoms with E-state index in [1.165, 1.54) is 0 Å². The summed E-state index contributed by atoms with van der Waals surface area (Å²) in [5, 5.41) is 8.90. The molecule has 2 nitrogen and oxygen atoms in total. The van der Waals surface area contributed by atoms with Crippen LogP contribution < -0.4 is 0 Å². The summed E-state index contributed by atoms with van der Waals surface area (Å²) in [7, 11) is 0. The smallest absolute Gasteiger partial charge is 0.314 e. The third-order valence-corrected chi connectivity index (χ3v) is 3.76. The maximum absolute atomic E-state index is 13.8. The molecule has 1 N–H and O–H groups in total. The molecule has 0 saturated heterocycles. The largest absolute Gasteiger partial charge is 0.481 e. The number of hydrogen-bond acceptors (Lipinski definition) is 1. The second-order valence-electron chi connectivity index (χ2n) is 4.31. The molecule has 1 saturated carbocycles. The summed E-state index contributed by atoms with van der Waals surface area (Å²) < 4.78 is 27.1. The Kier molecular flexibility index (Phi) is 3.08. The van der Waals surface area contributed by atoms with E-state index in [0.717, 1.165) is 12.1 Å². The molecule has 0 heterocycles. The van der Waals surface area contributed by atoms with Crippen LogP contribution in [-0.2, 0) is 10.2 Å². The highest BCUT2D eigenvalue weighted by Gasteiger charge is 2.46. The highest BCUT2D eigenvalue weighted by atomic mass is 35.5. The number of benzene rings is 1. The molecule has 0 aromatic heterocycles. The molecule has 1 aliphatic carbocycles. The summed E-state index contributed by atoms with van der Waals surface area (Å²) in [6.45, 7) is 0. The number of aliphatic carboxylic acids is 1. The molecule has 1 aromatic carbocycles.